The first-order valence-electron chi connectivity index (χ1n) is 6.36. The molecule has 2 N–H and O–H groups in total. The third-order valence-corrected chi connectivity index (χ3v) is 3.28. The zero-order valence-corrected chi connectivity index (χ0v) is 11.7. The number of pyridine rings is 1. The van der Waals surface area contributed by atoms with Gasteiger partial charge in [-0.25, -0.2) is 0 Å². The van der Waals surface area contributed by atoms with Crippen molar-refractivity contribution in [1.82, 2.24) is 4.57 Å². The van der Waals surface area contributed by atoms with Gasteiger partial charge in [-0.1, -0.05) is 6.92 Å². The summed E-state index contributed by atoms with van der Waals surface area (Å²) in [6.07, 6.45) is 2.47. The van der Waals surface area contributed by atoms with Crippen molar-refractivity contribution in [3.8, 4) is 11.5 Å². The quantitative estimate of drug-likeness (QED) is 0.776. The highest BCUT2D eigenvalue weighted by Crippen LogP contribution is 2.31. The fraction of sp³-hybridized carbons (Fsp3) is 0.400. The van der Waals surface area contributed by atoms with Crippen molar-refractivity contribution in [3.05, 3.63) is 34.1 Å². The molecule has 0 bridgehead atoms. The molecular weight excluding hydrogens is 242 g/mol. The molecule has 4 heteroatoms. The SMILES string of the molecule is CCc1cn(C(C)(C)C)c2cc(O)c(O)cc2c1=O. The number of hydrogen-bond donors (Lipinski definition) is 2. The number of fused-ring (bicyclic) bond motifs is 1. The molecule has 19 heavy (non-hydrogen) atoms. The lowest BCUT2D eigenvalue weighted by atomic mass is 10.0. The molecule has 0 aliphatic rings. The number of nitrogens with zero attached hydrogens (tertiary/aromatic N) is 1. The molecular formula is C15H19NO3. The third-order valence-electron chi connectivity index (χ3n) is 3.28. The fourth-order valence-corrected chi connectivity index (χ4v) is 2.21. The second-order valence-corrected chi connectivity index (χ2v) is 5.74. The van der Waals surface area contributed by atoms with Crippen LogP contribution in [0.15, 0.2) is 23.1 Å². The third kappa shape index (κ3) is 2.18. The summed E-state index contributed by atoms with van der Waals surface area (Å²) in [5.74, 6) is -0.479. The predicted molar refractivity (Wildman–Crippen MR) is 75.9 cm³/mol. The van der Waals surface area contributed by atoms with E-state index < -0.39 is 0 Å². The van der Waals surface area contributed by atoms with Crippen LogP contribution in [0.1, 0.15) is 33.3 Å². The Morgan fingerprint density at radius 2 is 1.74 bits per heavy atom. The lowest BCUT2D eigenvalue weighted by Crippen LogP contribution is -2.26. The molecule has 4 nitrogen and oxygen atoms in total. The van der Waals surface area contributed by atoms with Crippen molar-refractivity contribution in [3.63, 3.8) is 0 Å². The highest BCUT2D eigenvalue weighted by Gasteiger charge is 2.19. The van der Waals surface area contributed by atoms with Gasteiger partial charge in [0, 0.05) is 28.8 Å². The van der Waals surface area contributed by atoms with Gasteiger partial charge >= 0.3 is 0 Å². The number of benzene rings is 1. The second kappa shape index (κ2) is 4.30. The van der Waals surface area contributed by atoms with Gasteiger partial charge in [0.1, 0.15) is 0 Å². The van der Waals surface area contributed by atoms with Crippen LogP contribution in [0.2, 0.25) is 0 Å². The average Bonchev–Trinajstić information content (AvgIpc) is 2.31. The normalized spacial score (nSPS) is 12.0. The van der Waals surface area contributed by atoms with Crippen LogP contribution in [-0.4, -0.2) is 14.8 Å². The summed E-state index contributed by atoms with van der Waals surface area (Å²) < 4.78 is 1.96. The molecule has 0 unspecified atom stereocenters. The molecule has 0 spiro atoms. The maximum Gasteiger partial charge on any atom is 0.192 e. The molecule has 0 aliphatic heterocycles. The van der Waals surface area contributed by atoms with Gasteiger partial charge in [-0.3, -0.25) is 4.79 Å². The number of rotatable bonds is 1. The van der Waals surface area contributed by atoms with Crippen molar-refractivity contribution >= 4 is 10.9 Å². The summed E-state index contributed by atoms with van der Waals surface area (Å²) in [5.41, 5.74) is 1.02. The second-order valence-electron chi connectivity index (χ2n) is 5.74. The Morgan fingerprint density at radius 3 is 2.26 bits per heavy atom. The van der Waals surface area contributed by atoms with Gasteiger partial charge in [0.15, 0.2) is 16.9 Å². The van der Waals surface area contributed by atoms with Crippen molar-refractivity contribution in [2.45, 2.75) is 39.7 Å². The number of hydrogen-bond acceptors (Lipinski definition) is 3. The fourth-order valence-electron chi connectivity index (χ4n) is 2.21. The van der Waals surface area contributed by atoms with E-state index in [0.29, 0.717) is 22.9 Å². The summed E-state index contributed by atoms with van der Waals surface area (Å²) in [7, 11) is 0. The molecule has 0 fully saturated rings. The molecule has 0 saturated heterocycles. The average molecular weight is 261 g/mol. The lowest BCUT2D eigenvalue weighted by Gasteiger charge is -2.26. The van der Waals surface area contributed by atoms with Crippen LogP contribution in [0.3, 0.4) is 0 Å². The molecule has 102 valence electrons. The number of aromatic hydroxyl groups is 2. The molecule has 1 heterocycles. The number of phenolic OH excluding ortho intramolecular Hbond substituents is 2. The van der Waals surface area contributed by atoms with Gasteiger partial charge in [-0.2, -0.15) is 0 Å². The Kier molecular flexibility index (Phi) is 3.04. The van der Waals surface area contributed by atoms with E-state index in [1.807, 2.05) is 38.5 Å². The van der Waals surface area contributed by atoms with Gasteiger partial charge in [-0.15, -0.1) is 0 Å². The van der Waals surface area contributed by atoms with E-state index in [0.717, 1.165) is 0 Å². The van der Waals surface area contributed by atoms with Gasteiger partial charge in [0.25, 0.3) is 0 Å². The Hall–Kier alpha value is -1.97. The van der Waals surface area contributed by atoms with E-state index >= 15 is 0 Å². The van der Waals surface area contributed by atoms with Crippen molar-refractivity contribution in [2.24, 2.45) is 0 Å². The van der Waals surface area contributed by atoms with Crippen LogP contribution < -0.4 is 5.43 Å². The predicted octanol–water partition coefficient (Wildman–Crippen LogP) is 2.73. The van der Waals surface area contributed by atoms with Gasteiger partial charge in [-0.05, 0) is 33.3 Å². The molecule has 2 rings (SSSR count). The van der Waals surface area contributed by atoms with Crippen LogP contribution in [0.25, 0.3) is 10.9 Å². The molecule has 1 aromatic heterocycles. The van der Waals surface area contributed by atoms with Gasteiger partial charge in [0.2, 0.25) is 0 Å². The largest absolute Gasteiger partial charge is 0.504 e. The van der Waals surface area contributed by atoms with E-state index in [9.17, 15) is 15.0 Å². The summed E-state index contributed by atoms with van der Waals surface area (Å²) in [4.78, 5) is 12.3. The minimum Gasteiger partial charge on any atom is -0.504 e. The molecule has 0 amide bonds. The van der Waals surface area contributed by atoms with Crippen LogP contribution in [0.4, 0.5) is 0 Å². The first-order valence-corrected chi connectivity index (χ1v) is 6.36. The summed E-state index contributed by atoms with van der Waals surface area (Å²) in [6, 6.07) is 2.78. The van der Waals surface area contributed by atoms with E-state index in [2.05, 4.69) is 0 Å². The molecule has 0 aliphatic carbocycles. The highest BCUT2D eigenvalue weighted by molar-refractivity contribution is 5.83. The van der Waals surface area contributed by atoms with E-state index in [4.69, 9.17) is 0 Å². The molecule has 0 radical (unpaired) electrons. The molecule has 2 aromatic rings. The standard InChI is InChI=1S/C15H19NO3/c1-5-9-8-16(15(2,3)4)11-7-13(18)12(17)6-10(11)14(9)19/h6-8,17-18H,5H2,1-4H3. The highest BCUT2D eigenvalue weighted by atomic mass is 16.3. The van der Waals surface area contributed by atoms with Gasteiger partial charge < -0.3 is 14.8 Å². The van der Waals surface area contributed by atoms with E-state index in [1.54, 1.807) is 0 Å². The van der Waals surface area contributed by atoms with Crippen LogP contribution >= 0.6 is 0 Å². The van der Waals surface area contributed by atoms with Crippen molar-refractivity contribution < 1.29 is 10.2 Å². The summed E-state index contributed by atoms with van der Waals surface area (Å²) >= 11 is 0. The Balaban J connectivity index is 3.00. The minimum atomic E-state index is -0.265. The Morgan fingerprint density at radius 1 is 1.16 bits per heavy atom. The summed E-state index contributed by atoms with van der Waals surface area (Å²) in [5, 5.41) is 19.7. The van der Waals surface area contributed by atoms with Crippen LogP contribution in [0.5, 0.6) is 11.5 Å². The van der Waals surface area contributed by atoms with Crippen LogP contribution in [-0.2, 0) is 12.0 Å². The Labute approximate surface area is 111 Å². The smallest absolute Gasteiger partial charge is 0.192 e. The Bertz CT molecular complexity index is 693. The van der Waals surface area contributed by atoms with Crippen LogP contribution in [0, 0.1) is 0 Å². The number of aryl methyl sites for hydroxylation is 1. The van der Waals surface area contributed by atoms with Crippen molar-refractivity contribution in [1.29, 1.82) is 0 Å². The number of aromatic nitrogens is 1. The van der Waals surface area contributed by atoms with Crippen molar-refractivity contribution in [2.75, 3.05) is 0 Å². The lowest BCUT2D eigenvalue weighted by molar-refractivity contribution is 0.397. The molecule has 0 atom stereocenters. The molecule has 0 saturated carbocycles. The monoisotopic (exact) mass is 261 g/mol. The zero-order chi connectivity index (χ0) is 14.4. The summed E-state index contributed by atoms with van der Waals surface area (Å²) in [6.45, 7) is 8.01. The van der Waals surface area contributed by atoms with Gasteiger partial charge in [0.05, 0.1) is 5.52 Å². The van der Waals surface area contributed by atoms with E-state index in [-0.39, 0.29) is 22.5 Å². The topological polar surface area (TPSA) is 62.5 Å². The molecule has 1 aromatic carbocycles. The maximum atomic E-state index is 12.3. The minimum absolute atomic E-state index is 0.0895. The number of phenols is 2. The zero-order valence-electron chi connectivity index (χ0n) is 11.7. The first-order chi connectivity index (χ1) is 8.75. The maximum absolute atomic E-state index is 12.3. The van der Waals surface area contributed by atoms with E-state index in [1.165, 1.54) is 12.1 Å². The first kappa shape index (κ1) is 13.5.